The lowest BCUT2D eigenvalue weighted by atomic mass is 10.2. The second-order valence-electron chi connectivity index (χ2n) is 3.44. The van der Waals surface area contributed by atoms with Gasteiger partial charge in [0.1, 0.15) is 5.58 Å². The predicted octanol–water partition coefficient (Wildman–Crippen LogP) is 3.10. The van der Waals surface area contributed by atoms with Gasteiger partial charge in [-0.05, 0) is 24.3 Å². The molecule has 0 N–H and O–H groups in total. The zero-order valence-corrected chi connectivity index (χ0v) is 9.69. The fourth-order valence-corrected chi connectivity index (χ4v) is 2.04. The lowest BCUT2D eigenvalue weighted by Crippen LogP contribution is -2.01. The number of hydrogen-bond acceptors (Lipinski definition) is 3. The first-order valence-corrected chi connectivity index (χ1v) is 5.51. The van der Waals surface area contributed by atoms with E-state index in [9.17, 15) is 4.79 Å². The SMILES string of the molecule is O=c1c2ccncc2oc2ccc(Br)cc12. The van der Waals surface area contributed by atoms with E-state index in [0.29, 0.717) is 21.9 Å². The smallest absolute Gasteiger partial charge is 0.200 e. The summed E-state index contributed by atoms with van der Waals surface area (Å²) in [6, 6.07) is 7.04. The summed E-state index contributed by atoms with van der Waals surface area (Å²) in [6.45, 7) is 0. The Balaban J connectivity index is 2.61. The van der Waals surface area contributed by atoms with Crippen LogP contribution in [-0.2, 0) is 0 Å². The molecule has 0 bridgehead atoms. The van der Waals surface area contributed by atoms with E-state index < -0.39 is 0 Å². The minimum atomic E-state index is -0.0278. The molecule has 0 radical (unpaired) electrons. The zero-order valence-electron chi connectivity index (χ0n) is 8.11. The van der Waals surface area contributed by atoms with E-state index in [2.05, 4.69) is 20.9 Å². The van der Waals surface area contributed by atoms with Crippen LogP contribution in [0.3, 0.4) is 0 Å². The average Bonchev–Trinajstić information content (AvgIpc) is 2.31. The van der Waals surface area contributed by atoms with Crippen LogP contribution in [0.25, 0.3) is 21.9 Å². The minimum Gasteiger partial charge on any atom is -0.454 e. The van der Waals surface area contributed by atoms with Crippen molar-refractivity contribution in [2.45, 2.75) is 0 Å². The van der Waals surface area contributed by atoms with E-state index in [0.717, 1.165) is 4.47 Å². The molecule has 0 aliphatic carbocycles. The molecule has 1 aromatic carbocycles. The molecule has 0 aliphatic heterocycles. The molecule has 3 aromatic rings. The molecule has 0 spiro atoms. The van der Waals surface area contributed by atoms with Crippen LogP contribution in [0.2, 0.25) is 0 Å². The van der Waals surface area contributed by atoms with Gasteiger partial charge in [0.2, 0.25) is 5.43 Å². The highest BCUT2D eigenvalue weighted by atomic mass is 79.9. The Bertz CT molecular complexity index is 749. The molecule has 78 valence electrons. The minimum absolute atomic E-state index is 0.0278. The molecular formula is C12H6BrNO2. The Labute approximate surface area is 98.8 Å². The highest BCUT2D eigenvalue weighted by molar-refractivity contribution is 9.10. The summed E-state index contributed by atoms with van der Waals surface area (Å²) in [6.07, 6.45) is 3.14. The Morgan fingerprint density at radius 3 is 2.88 bits per heavy atom. The monoisotopic (exact) mass is 275 g/mol. The van der Waals surface area contributed by atoms with Crippen molar-refractivity contribution in [1.82, 2.24) is 4.98 Å². The Hall–Kier alpha value is -1.68. The van der Waals surface area contributed by atoms with Gasteiger partial charge in [-0.15, -0.1) is 0 Å². The van der Waals surface area contributed by atoms with Gasteiger partial charge in [-0.1, -0.05) is 15.9 Å². The van der Waals surface area contributed by atoms with Crippen LogP contribution in [0.15, 0.2) is 50.3 Å². The van der Waals surface area contributed by atoms with Gasteiger partial charge in [-0.25, -0.2) is 0 Å². The number of hydrogen-bond donors (Lipinski definition) is 0. The number of nitrogens with zero attached hydrogens (tertiary/aromatic N) is 1. The molecule has 3 rings (SSSR count). The van der Waals surface area contributed by atoms with Gasteiger partial charge in [-0.3, -0.25) is 9.78 Å². The highest BCUT2D eigenvalue weighted by Gasteiger charge is 2.07. The van der Waals surface area contributed by atoms with E-state index >= 15 is 0 Å². The van der Waals surface area contributed by atoms with Crippen molar-refractivity contribution in [2.75, 3.05) is 0 Å². The van der Waals surface area contributed by atoms with Crippen molar-refractivity contribution >= 4 is 37.9 Å². The summed E-state index contributed by atoms with van der Waals surface area (Å²) in [7, 11) is 0. The van der Waals surface area contributed by atoms with Gasteiger partial charge in [0.05, 0.1) is 17.0 Å². The number of aromatic nitrogens is 1. The van der Waals surface area contributed by atoms with E-state index in [4.69, 9.17) is 4.42 Å². The summed E-state index contributed by atoms with van der Waals surface area (Å²) in [5, 5.41) is 1.13. The van der Waals surface area contributed by atoms with Gasteiger partial charge in [0.15, 0.2) is 5.58 Å². The molecule has 0 saturated heterocycles. The standard InChI is InChI=1S/C12H6BrNO2/c13-7-1-2-10-9(5-7)12(15)8-3-4-14-6-11(8)16-10/h1-6H. The van der Waals surface area contributed by atoms with Crippen molar-refractivity contribution in [3.63, 3.8) is 0 Å². The zero-order chi connectivity index (χ0) is 11.1. The maximum Gasteiger partial charge on any atom is 0.200 e. The molecule has 2 aromatic heterocycles. The molecule has 2 heterocycles. The summed E-state index contributed by atoms with van der Waals surface area (Å²) in [5.41, 5.74) is 1.07. The van der Waals surface area contributed by atoms with Gasteiger partial charge >= 0.3 is 0 Å². The molecule has 3 nitrogen and oxygen atoms in total. The van der Waals surface area contributed by atoms with Crippen molar-refractivity contribution in [3.8, 4) is 0 Å². The first kappa shape index (κ1) is 9.54. The van der Waals surface area contributed by atoms with Gasteiger partial charge in [0.25, 0.3) is 0 Å². The van der Waals surface area contributed by atoms with Gasteiger partial charge in [0, 0.05) is 10.7 Å². The van der Waals surface area contributed by atoms with Crippen LogP contribution >= 0.6 is 15.9 Å². The van der Waals surface area contributed by atoms with Crippen LogP contribution in [-0.4, -0.2) is 4.98 Å². The van der Waals surface area contributed by atoms with Crippen molar-refractivity contribution in [2.24, 2.45) is 0 Å². The molecule has 0 amide bonds. The summed E-state index contributed by atoms with van der Waals surface area (Å²) in [4.78, 5) is 16.1. The largest absolute Gasteiger partial charge is 0.454 e. The average molecular weight is 276 g/mol. The molecule has 0 saturated carbocycles. The molecular weight excluding hydrogens is 270 g/mol. The van der Waals surface area contributed by atoms with Crippen LogP contribution < -0.4 is 5.43 Å². The Morgan fingerprint density at radius 2 is 2.00 bits per heavy atom. The summed E-state index contributed by atoms with van der Waals surface area (Å²) in [5.74, 6) is 0. The first-order valence-electron chi connectivity index (χ1n) is 4.72. The van der Waals surface area contributed by atoms with Crippen molar-refractivity contribution < 1.29 is 4.42 Å². The quantitative estimate of drug-likeness (QED) is 0.592. The second kappa shape index (κ2) is 3.42. The molecule has 0 aliphatic rings. The third-order valence-electron chi connectivity index (χ3n) is 2.44. The fourth-order valence-electron chi connectivity index (χ4n) is 1.68. The summed E-state index contributed by atoms with van der Waals surface area (Å²) < 4.78 is 6.46. The molecule has 0 atom stereocenters. The van der Waals surface area contributed by atoms with E-state index in [1.807, 2.05) is 6.07 Å². The van der Waals surface area contributed by atoms with Crippen molar-refractivity contribution in [3.05, 3.63) is 51.4 Å². The Morgan fingerprint density at radius 1 is 1.12 bits per heavy atom. The third kappa shape index (κ3) is 1.34. The van der Waals surface area contributed by atoms with E-state index in [1.54, 1.807) is 30.6 Å². The molecule has 0 unspecified atom stereocenters. The predicted molar refractivity (Wildman–Crippen MR) is 65.5 cm³/mol. The van der Waals surface area contributed by atoms with Crippen LogP contribution in [0.4, 0.5) is 0 Å². The van der Waals surface area contributed by atoms with Crippen LogP contribution in [0.1, 0.15) is 0 Å². The third-order valence-corrected chi connectivity index (χ3v) is 2.93. The lowest BCUT2D eigenvalue weighted by molar-refractivity contribution is 0.657. The topological polar surface area (TPSA) is 43.1 Å². The number of pyridine rings is 1. The highest BCUT2D eigenvalue weighted by Crippen LogP contribution is 2.20. The number of halogens is 1. The van der Waals surface area contributed by atoms with Crippen LogP contribution in [0, 0.1) is 0 Å². The van der Waals surface area contributed by atoms with Crippen LogP contribution in [0.5, 0.6) is 0 Å². The molecule has 16 heavy (non-hydrogen) atoms. The Kier molecular flexibility index (Phi) is 2.04. The maximum absolute atomic E-state index is 12.1. The number of fused-ring (bicyclic) bond motifs is 2. The fraction of sp³-hybridized carbons (Fsp3) is 0. The van der Waals surface area contributed by atoms with E-state index in [1.165, 1.54) is 0 Å². The van der Waals surface area contributed by atoms with Gasteiger partial charge in [-0.2, -0.15) is 0 Å². The number of rotatable bonds is 0. The van der Waals surface area contributed by atoms with Crippen molar-refractivity contribution in [1.29, 1.82) is 0 Å². The second-order valence-corrected chi connectivity index (χ2v) is 4.36. The molecule has 4 heteroatoms. The lowest BCUT2D eigenvalue weighted by Gasteiger charge is -2.00. The van der Waals surface area contributed by atoms with Gasteiger partial charge < -0.3 is 4.42 Å². The summed E-state index contributed by atoms with van der Waals surface area (Å²) >= 11 is 3.34. The van der Waals surface area contributed by atoms with E-state index in [-0.39, 0.29) is 5.43 Å². The number of benzene rings is 1. The first-order chi connectivity index (χ1) is 7.75. The normalized spacial score (nSPS) is 11.1. The molecule has 0 fully saturated rings. The maximum atomic E-state index is 12.1.